The Bertz CT molecular complexity index is 487. The number of aliphatic carboxylic acids is 1. The zero-order chi connectivity index (χ0) is 13.6. The highest BCUT2D eigenvalue weighted by Crippen LogP contribution is 2.46. The molecule has 2 fully saturated rings. The van der Waals surface area contributed by atoms with Crippen molar-refractivity contribution >= 4 is 5.97 Å². The molecule has 4 heteroatoms. The van der Waals surface area contributed by atoms with E-state index < -0.39 is 5.97 Å². The van der Waals surface area contributed by atoms with Gasteiger partial charge in [0, 0.05) is 18.0 Å². The molecular weight excluding hydrogens is 245 g/mol. The molecule has 19 heavy (non-hydrogen) atoms. The van der Waals surface area contributed by atoms with Crippen molar-refractivity contribution in [1.29, 1.82) is 0 Å². The molecule has 2 unspecified atom stereocenters. The first kappa shape index (κ1) is 12.6. The highest BCUT2D eigenvalue weighted by molar-refractivity contribution is 5.73. The lowest BCUT2D eigenvalue weighted by atomic mass is 9.76. The molecule has 0 aliphatic carbocycles. The molecule has 0 radical (unpaired) electrons. The van der Waals surface area contributed by atoms with Crippen molar-refractivity contribution in [3.63, 3.8) is 0 Å². The lowest BCUT2D eigenvalue weighted by molar-refractivity contribution is -0.146. The number of fused-ring (bicyclic) bond motifs is 2. The largest absolute Gasteiger partial charge is 0.481 e. The van der Waals surface area contributed by atoms with E-state index in [1.807, 2.05) is 7.05 Å². The molecule has 3 rings (SSSR count). The van der Waals surface area contributed by atoms with Gasteiger partial charge in [-0.25, -0.2) is 4.39 Å². The number of hydrogen-bond donors (Lipinski definition) is 1. The quantitative estimate of drug-likeness (QED) is 0.891. The first-order valence-corrected chi connectivity index (χ1v) is 6.78. The van der Waals surface area contributed by atoms with Crippen molar-refractivity contribution in [2.75, 3.05) is 7.05 Å². The van der Waals surface area contributed by atoms with Gasteiger partial charge in [-0.15, -0.1) is 0 Å². The Hall–Kier alpha value is -1.42. The van der Waals surface area contributed by atoms with Crippen molar-refractivity contribution in [3.8, 4) is 0 Å². The highest BCUT2D eigenvalue weighted by Gasteiger charge is 2.49. The minimum absolute atomic E-state index is 0.00630. The Morgan fingerprint density at radius 2 is 2.00 bits per heavy atom. The summed E-state index contributed by atoms with van der Waals surface area (Å²) in [6.07, 6.45) is 2.88. The van der Waals surface area contributed by atoms with Crippen LogP contribution in [0.15, 0.2) is 24.3 Å². The summed E-state index contributed by atoms with van der Waals surface area (Å²) < 4.78 is 13.0. The average Bonchev–Trinajstić information content (AvgIpc) is 2.63. The van der Waals surface area contributed by atoms with E-state index in [-0.39, 0.29) is 23.7 Å². The van der Waals surface area contributed by atoms with Gasteiger partial charge < -0.3 is 5.11 Å². The molecule has 102 valence electrons. The molecule has 2 aliphatic heterocycles. The molecular formula is C15H18FNO2. The van der Waals surface area contributed by atoms with Crippen LogP contribution < -0.4 is 0 Å². The topological polar surface area (TPSA) is 40.5 Å². The third-order valence-corrected chi connectivity index (χ3v) is 4.85. The van der Waals surface area contributed by atoms with Crippen LogP contribution in [-0.4, -0.2) is 35.1 Å². The zero-order valence-corrected chi connectivity index (χ0v) is 10.9. The summed E-state index contributed by atoms with van der Waals surface area (Å²) in [4.78, 5) is 13.9. The SMILES string of the molecule is CN1C2CCC1[C@@H](C(=O)O)[C@@H](c1ccc(F)cc1)C2. The van der Waals surface area contributed by atoms with Crippen LogP contribution >= 0.6 is 0 Å². The van der Waals surface area contributed by atoms with E-state index in [2.05, 4.69) is 4.90 Å². The zero-order valence-electron chi connectivity index (χ0n) is 10.9. The lowest BCUT2D eigenvalue weighted by Gasteiger charge is -2.41. The molecule has 0 saturated carbocycles. The third-order valence-electron chi connectivity index (χ3n) is 4.85. The van der Waals surface area contributed by atoms with Gasteiger partial charge in [-0.05, 0) is 44.0 Å². The Morgan fingerprint density at radius 3 is 2.63 bits per heavy atom. The second kappa shape index (κ2) is 4.60. The average molecular weight is 263 g/mol. The van der Waals surface area contributed by atoms with Crippen LogP contribution in [0, 0.1) is 11.7 Å². The van der Waals surface area contributed by atoms with E-state index in [0.717, 1.165) is 24.8 Å². The Kier molecular flexibility index (Phi) is 3.05. The molecule has 2 aliphatic rings. The molecule has 1 aromatic carbocycles. The number of carboxylic acids is 1. The number of carboxylic acid groups (broad SMARTS) is 1. The standard InChI is InChI=1S/C15H18FNO2/c1-17-11-6-7-13(17)14(15(18)19)12(8-11)9-2-4-10(16)5-3-9/h2-5,11-14H,6-8H2,1H3,(H,18,19)/t11?,12-,13?,14+/m1/s1. The summed E-state index contributed by atoms with van der Waals surface area (Å²) in [6, 6.07) is 6.91. The minimum atomic E-state index is -0.730. The van der Waals surface area contributed by atoms with Gasteiger partial charge in [-0.1, -0.05) is 12.1 Å². The van der Waals surface area contributed by atoms with E-state index in [4.69, 9.17) is 0 Å². The highest BCUT2D eigenvalue weighted by atomic mass is 19.1. The third kappa shape index (κ3) is 2.04. The van der Waals surface area contributed by atoms with Crippen molar-refractivity contribution in [2.24, 2.45) is 5.92 Å². The van der Waals surface area contributed by atoms with Crippen LogP contribution in [0.3, 0.4) is 0 Å². The molecule has 1 N–H and O–H groups in total. The molecule has 0 aromatic heterocycles. The molecule has 4 atom stereocenters. The van der Waals surface area contributed by atoms with E-state index in [0.29, 0.717) is 6.04 Å². The Balaban J connectivity index is 1.95. The number of halogens is 1. The molecule has 3 nitrogen and oxygen atoms in total. The number of rotatable bonds is 2. The van der Waals surface area contributed by atoms with E-state index in [1.54, 1.807) is 12.1 Å². The number of benzene rings is 1. The summed E-state index contributed by atoms with van der Waals surface area (Å²) in [6.45, 7) is 0. The maximum absolute atomic E-state index is 13.0. The number of piperidine rings is 1. The number of nitrogens with zero attached hydrogens (tertiary/aromatic N) is 1. The van der Waals surface area contributed by atoms with Crippen molar-refractivity contribution < 1.29 is 14.3 Å². The van der Waals surface area contributed by atoms with Gasteiger partial charge >= 0.3 is 5.97 Å². The molecule has 0 amide bonds. The monoisotopic (exact) mass is 263 g/mol. The summed E-state index contributed by atoms with van der Waals surface area (Å²) >= 11 is 0. The second-order valence-corrected chi connectivity index (χ2v) is 5.72. The van der Waals surface area contributed by atoms with E-state index in [9.17, 15) is 14.3 Å². The minimum Gasteiger partial charge on any atom is -0.481 e. The summed E-state index contributed by atoms with van der Waals surface area (Å²) in [5.74, 6) is -1.38. The fourth-order valence-corrected chi connectivity index (χ4v) is 3.86. The van der Waals surface area contributed by atoms with Gasteiger partial charge in [-0.3, -0.25) is 9.69 Å². The van der Waals surface area contributed by atoms with Gasteiger partial charge in [-0.2, -0.15) is 0 Å². The summed E-state index contributed by atoms with van der Waals surface area (Å²) in [5, 5.41) is 9.56. The van der Waals surface area contributed by atoms with Crippen molar-refractivity contribution in [2.45, 2.75) is 37.3 Å². The van der Waals surface area contributed by atoms with Gasteiger partial charge in [0.25, 0.3) is 0 Å². The predicted octanol–water partition coefficient (Wildman–Crippen LogP) is 2.48. The van der Waals surface area contributed by atoms with Crippen LogP contribution in [0.1, 0.15) is 30.7 Å². The Labute approximate surface area is 112 Å². The lowest BCUT2D eigenvalue weighted by Crippen LogP contribution is -2.48. The maximum Gasteiger partial charge on any atom is 0.308 e. The molecule has 2 heterocycles. The first-order valence-electron chi connectivity index (χ1n) is 6.78. The second-order valence-electron chi connectivity index (χ2n) is 5.72. The smallest absolute Gasteiger partial charge is 0.308 e. The first-order chi connectivity index (χ1) is 9.08. The maximum atomic E-state index is 13.0. The van der Waals surface area contributed by atoms with Crippen LogP contribution in [-0.2, 0) is 4.79 Å². The van der Waals surface area contributed by atoms with Crippen molar-refractivity contribution in [3.05, 3.63) is 35.6 Å². The number of carbonyl (C=O) groups is 1. The summed E-state index contributed by atoms with van der Waals surface area (Å²) in [7, 11) is 2.03. The van der Waals surface area contributed by atoms with Gasteiger partial charge in [0.05, 0.1) is 5.92 Å². The van der Waals surface area contributed by atoms with Crippen LogP contribution in [0.25, 0.3) is 0 Å². The fourth-order valence-electron chi connectivity index (χ4n) is 3.86. The van der Waals surface area contributed by atoms with Gasteiger partial charge in [0.1, 0.15) is 5.82 Å². The molecule has 2 saturated heterocycles. The van der Waals surface area contributed by atoms with E-state index >= 15 is 0 Å². The van der Waals surface area contributed by atoms with Gasteiger partial charge in [0.15, 0.2) is 0 Å². The molecule has 1 aromatic rings. The van der Waals surface area contributed by atoms with Crippen LogP contribution in [0.4, 0.5) is 4.39 Å². The molecule has 2 bridgehead atoms. The van der Waals surface area contributed by atoms with Crippen LogP contribution in [0.2, 0.25) is 0 Å². The van der Waals surface area contributed by atoms with E-state index in [1.165, 1.54) is 12.1 Å². The van der Waals surface area contributed by atoms with Crippen molar-refractivity contribution in [1.82, 2.24) is 4.90 Å². The summed E-state index contributed by atoms with van der Waals surface area (Å²) in [5.41, 5.74) is 0.957. The fraction of sp³-hybridized carbons (Fsp3) is 0.533. The normalized spacial score (nSPS) is 34.4. The molecule has 0 spiro atoms. The Morgan fingerprint density at radius 1 is 1.32 bits per heavy atom. The van der Waals surface area contributed by atoms with Crippen LogP contribution in [0.5, 0.6) is 0 Å². The van der Waals surface area contributed by atoms with Gasteiger partial charge in [0.2, 0.25) is 0 Å². The predicted molar refractivity (Wildman–Crippen MR) is 69.5 cm³/mol. The number of hydrogen-bond acceptors (Lipinski definition) is 2.